The molecule has 3 aromatic rings. The molecule has 3 N–H and O–H groups in total. The SMILES string of the molecule is CCC(Cn1cc(-c2ccc(N3CCOc4ncnc(N)c4C3=O)cc2Cl)cn1)C(=O)O. The maximum Gasteiger partial charge on any atom is 0.308 e. The van der Waals surface area contributed by atoms with Gasteiger partial charge in [-0.05, 0) is 18.6 Å². The molecule has 1 unspecified atom stereocenters. The molecule has 1 aliphatic rings. The Kier molecular flexibility index (Phi) is 5.95. The molecule has 10 nitrogen and oxygen atoms in total. The second-order valence-corrected chi connectivity index (χ2v) is 7.71. The molecule has 1 atom stereocenters. The fourth-order valence-corrected chi connectivity index (χ4v) is 3.81. The van der Waals surface area contributed by atoms with Gasteiger partial charge in [0.2, 0.25) is 5.88 Å². The standard InChI is InChI=1S/C21H21ClN6O4/c1-2-12(21(30)31)9-27-10-13(8-26-27)15-4-3-14(7-16(15)22)28-5-6-32-19-17(20(28)29)18(23)24-11-25-19/h3-4,7-8,10-12H,2,5-6,9H2,1H3,(H,30,31)(H2,23,24,25). The number of carboxylic acid groups (broad SMARTS) is 1. The first-order valence-electron chi connectivity index (χ1n) is 9.99. The zero-order valence-corrected chi connectivity index (χ0v) is 18.0. The highest BCUT2D eigenvalue weighted by atomic mass is 35.5. The van der Waals surface area contributed by atoms with Gasteiger partial charge in [0.25, 0.3) is 5.91 Å². The van der Waals surface area contributed by atoms with E-state index in [1.807, 2.05) is 6.92 Å². The molecule has 0 spiro atoms. The van der Waals surface area contributed by atoms with E-state index in [-0.39, 0.29) is 42.9 Å². The molecule has 11 heteroatoms. The van der Waals surface area contributed by atoms with E-state index in [1.54, 1.807) is 35.3 Å². The third-order valence-electron chi connectivity index (χ3n) is 5.31. The summed E-state index contributed by atoms with van der Waals surface area (Å²) in [5.41, 5.74) is 8.04. The first kappa shape index (κ1) is 21.6. The summed E-state index contributed by atoms with van der Waals surface area (Å²) in [5.74, 6) is -1.53. The van der Waals surface area contributed by atoms with E-state index in [4.69, 9.17) is 22.1 Å². The maximum atomic E-state index is 13.1. The van der Waals surface area contributed by atoms with Gasteiger partial charge in [0.05, 0.1) is 30.2 Å². The Morgan fingerprint density at radius 3 is 2.91 bits per heavy atom. The molecule has 4 rings (SSSR count). The van der Waals surface area contributed by atoms with Crippen LogP contribution in [0.3, 0.4) is 0 Å². The van der Waals surface area contributed by atoms with Crippen LogP contribution in [0.2, 0.25) is 5.02 Å². The molecular formula is C21H21ClN6O4. The number of fused-ring (bicyclic) bond motifs is 1. The Morgan fingerprint density at radius 1 is 1.38 bits per heavy atom. The third kappa shape index (κ3) is 4.09. The minimum atomic E-state index is -0.856. The second-order valence-electron chi connectivity index (χ2n) is 7.30. The number of rotatable bonds is 6. The van der Waals surface area contributed by atoms with Crippen LogP contribution in [0.4, 0.5) is 11.5 Å². The predicted molar refractivity (Wildman–Crippen MR) is 118 cm³/mol. The highest BCUT2D eigenvalue weighted by Crippen LogP contribution is 2.34. The molecule has 2 aromatic heterocycles. The lowest BCUT2D eigenvalue weighted by Gasteiger charge is -2.21. The van der Waals surface area contributed by atoms with Gasteiger partial charge in [0.15, 0.2) is 0 Å². The van der Waals surface area contributed by atoms with Gasteiger partial charge in [0.1, 0.15) is 24.3 Å². The summed E-state index contributed by atoms with van der Waals surface area (Å²) in [5, 5.41) is 13.9. The van der Waals surface area contributed by atoms with Crippen LogP contribution in [0.5, 0.6) is 5.88 Å². The van der Waals surface area contributed by atoms with Gasteiger partial charge >= 0.3 is 5.97 Å². The number of aromatic nitrogens is 4. The van der Waals surface area contributed by atoms with Crippen molar-refractivity contribution in [2.45, 2.75) is 19.9 Å². The normalized spacial score (nSPS) is 14.4. The molecule has 166 valence electrons. The van der Waals surface area contributed by atoms with E-state index in [0.717, 1.165) is 5.56 Å². The summed E-state index contributed by atoms with van der Waals surface area (Å²) in [7, 11) is 0. The van der Waals surface area contributed by atoms with Crippen molar-refractivity contribution in [2.75, 3.05) is 23.8 Å². The number of nitrogen functional groups attached to an aromatic ring is 1. The number of anilines is 2. The number of nitrogens with two attached hydrogens (primary N) is 1. The topological polar surface area (TPSA) is 136 Å². The Bertz CT molecular complexity index is 1180. The Balaban J connectivity index is 1.60. The average Bonchev–Trinajstić information content (AvgIpc) is 3.15. The van der Waals surface area contributed by atoms with Crippen LogP contribution in [0.15, 0.2) is 36.9 Å². The third-order valence-corrected chi connectivity index (χ3v) is 5.63. The first-order chi connectivity index (χ1) is 15.4. The fraction of sp³-hybridized carbons (Fsp3) is 0.286. The molecule has 0 aliphatic carbocycles. The Labute approximate surface area is 188 Å². The van der Waals surface area contributed by atoms with E-state index in [1.165, 1.54) is 11.2 Å². The smallest absolute Gasteiger partial charge is 0.308 e. The van der Waals surface area contributed by atoms with Crippen molar-refractivity contribution in [3.05, 3.63) is 47.5 Å². The highest BCUT2D eigenvalue weighted by Gasteiger charge is 2.29. The molecule has 1 amide bonds. The average molecular weight is 457 g/mol. The van der Waals surface area contributed by atoms with Crippen LogP contribution in [0.1, 0.15) is 23.7 Å². The predicted octanol–water partition coefficient (Wildman–Crippen LogP) is 2.73. The zero-order valence-electron chi connectivity index (χ0n) is 17.2. The molecule has 0 saturated carbocycles. The van der Waals surface area contributed by atoms with Crippen molar-refractivity contribution in [1.29, 1.82) is 0 Å². The van der Waals surface area contributed by atoms with Gasteiger partial charge in [-0.15, -0.1) is 0 Å². The monoisotopic (exact) mass is 456 g/mol. The van der Waals surface area contributed by atoms with Crippen LogP contribution in [0.25, 0.3) is 11.1 Å². The van der Waals surface area contributed by atoms with Crippen LogP contribution < -0.4 is 15.4 Å². The lowest BCUT2D eigenvalue weighted by Crippen LogP contribution is -2.32. The number of nitrogens with zero attached hydrogens (tertiary/aromatic N) is 5. The van der Waals surface area contributed by atoms with Crippen molar-refractivity contribution < 1.29 is 19.4 Å². The van der Waals surface area contributed by atoms with Crippen LogP contribution in [-0.2, 0) is 11.3 Å². The second kappa shape index (κ2) is 8.83. The van der Waals surface area contributed by atoms with Crippen molar-refractivity contribution in [3.8, 4) is 17.0 Å². The van der Waals surface area contributed by atoms with Crippen molar-refractivity contribution in [2.24, 2.45) is 5.92 Å². The highest BCUT2D eigenvalue weighted by molar-refractivity contribution is 6.33. The van der Waals surface area contributed by atoms with E-state index >= 15 is 0 Å². The number of aliphatic carboxylic acids is 1. The van der Waals surface area contributed by atoms with Crippen molar-refractivity contribution >= 4 is 35.0 Å². The molecule has 1 aromatic carbocycles. The maximum absolute atomic E-state index is 13.1. The molecule has 0 fully saturated rings. The van der Waals surface area contributed by atoms with Crippen LogP contribution in [-0.4, -0.2) is 49.9 Å². The number of hydrogen-bond donors (Lipinski definition) is 2. The summed E-state index contributed by atoms with van der Waals surface area (Å²) in [6, 6.07) is 5.25. The lowest BCUT2D eigenvalue weighted by atomic mass is 10.1. The van der Waals surface area contributed by atoms with Crippen LogP contribution >= 0.6 is 11.6 Å². The number of carboxylic acids is 1. The molecule has 0 bridgehead atoms. The Morgan fingerprint density at radius 2 is 2.19 bits per heavy atom. The van der Waals surface area contributed by atoms with E-state index in [2.05, 4.69) is 15.1 Å². The van der Waals surface area contributed by atoms with Crippen LogP contribution in [0, 0.1) is 5.92 Å². The number of benzene rings is 1. The molecule has 0 radical (unpaired) electrons. The quantitative estimate of drug-likeness (QED) is 0.577. The molecule has 32 heavy (non-hydrogen) atoms. The number of ether oxygens (including phenoxy) is 1. The summed E-state index contributed by atoms with van der Waals surface area (Å²) in [6.45, 7) is 2.62. The summed E-state index contributed by atoms with van der Waals surface area (Å²) < 4.78 is 7.15. The minimum absolute atomic E-state index is 0.0498. The van der Waals surface area contributed by atoms with Crippen molar-refractivity contribution in [1.82, 2.24) is 19.7 Å². The lowest BCUT2D eigenvalue weighted by molar-refractivity contribution is -0.142. The van der Waals surface area contributed by atoms with E-state index in [9.17, 15) is 14.7 Å². The van der Waals surface area contributed by atoms with Gasteiger partial charge in [-0.25, -0.2) is 9.97 Å². The summed E-state index contributed by atoms with van der Waals surface area (Å²) in [4.78, 5) is 33.8. The summed E-state index contributed by atoms with van der Waals surface area (Å²) >= 11 is 6.55. The molecule has 1 aliphatic heterocycles. The van der Waals surface area contributed by atoms with E-state index in [0.29, 0.717) is 22.7 Å². The van der Waals surface area contributed by atoms with Gasteiger partial charge < -0.3 is 20.5 Å². The zero-order chi connectivity index (χ0) is 22.8. The number of carbonyl (C=O) groups is 2. The minimum Gasteiger partial charge on any atom is -0.481 e. The number of amides is 1. The first-order valence-corrected chi connectivity index (χ1v) is 10.4. The van der Waals surface area contributed by atoms with Crippen molar-refractivity contribution in [3.63, 3.8) is 0 Å². The largest absolute Gasteiger partial charge is 0.481 e. The van der Waals surface area contributed by atoms with Gasteiger partial charge in [-0.1, -0.05) is 24.6 Å². The van der Waals surface area contributed by atoms with Gasteiger partial charge in [0, 0.05) is 23.0 Å². The number of hydrogen-bond acceptors (Lipinski definition) is 7. The molecule has 3 heterocycles. The Hall–Kier alpha value is -3.66. The number of carbonyl (C=O) groups excluding carboxylic acids is 1. The number of halogens is 1. The van der Waals surface area contributed by atoms with Gasteiger partial charge in [-0.2, -0.15) is 5.10 Å². The van der Waals surface area contributed by atoms with E-state index < -0.39 is 11.9 Å². The summed E-state index contributed by atoms with van der Waals surface area (Å²) in [6.07, 6.45) is 5.15. The molecular weight excluding hydrogens is 436 g/mol. The van der Waals surface area contributed by atoms with Gasteiger partial charge in [-0.3, -0.25) is 14.3 Å². The fourth-order valence-electron chi connectivity index (χ4n) is 3.53. The molecule has 0 saturated heterocycles.